The Morgan fingerprint density at radius 2 is 1.68 bits per heavy atom. The van der Waals surface area contributed by atoms with E-state index in [9.17, 15) is 5.11 Å². The summed E-state index contributed by atoms with van der Waals surface area (Å²) in [5, 5.41) is 14.0. The van der Waals surface area contributed by atoms with E-state index in [0.717, 1.165) is 61.1 Å². The van der Waals surface area contributed by atoms with Gasteiger partial charge in [-0.2, -0.15) is 0 Å². The lowest BCUT2D eigenvalue weighted by atomic mass is 9.95. The number of aliphatic hydroxyl groups excluding tert-OH is 1. The molecule has 3 aromatic rings. The molecule has 0 atom stereocenters. The van der Waals surface area contributed by atoms with Gasteiger partial charge in [-0.1, -0.05) is 26.0 Å². The van der Waals surface area contributed by atoms with Crippen LogP contribution >= 0.6 is 0 Å². The Kier molecular flexibility index (Phi) is 9.48. The van der Waals surface area contributed by atoms with Gasteiger partial charge in [0.15, 0.2) is 0 Å². The first kappa shape index (κ1) is 25.7. The van der Waals surface area contributed by atoms with Gasteiger partial charge < -0.3 is 25.0 Å². The highest BCUT2D eigenvalue weighted by atomic mass is 16.5. The number of aliphatic hydroxyl groups is 1. The SMILES string of the molecule is CC.CN(C)CCN(C)c1ccc(Nc2ncc3cccc(OC4CCC(O)CC4)c3n2)cc1. The summed E-state index contributed by atoms with van der Waals surface area (Å²) in [6.45, 7) is 5.98. The third kappa shape index (κ3) is 7.05. The molecular weight excluding hydrogens is 426 g/mol. The van der Waals surface area contributed by atoms with Crippen molar-refractivity contribution in [1.29, 1.82) is 0 Å². The summed E-state index contributed by atoms with van der Waals surface area (Å²) in [6, 6.07) is 14.2. The van der Waals surface area contributed by atoms with Crippen LogP contribution in [0.3, 0.4) is 0 Å². The number of benzene rings is 2. The molecule has 0 bridgehead atoms. The molecule has 4 rings (SSSR count). The fraction of sp³-hybridized carbons (Fsp3) is 0.481. The first-order chi connectivity index (χ1) is 16.5. The standard InChI is InChI=1S/C25H33N5O2.C2H6/c1-29(2)15-16-30(3)20-9-7-19(8-10-20)27-25-26-17-18-5-4-6-23(24(18)28-25)32-22-13-11-21(31)12-14-22;1-2/h4-10,17,21-22,31H,11-16H2,1-3H3,(H,26,27,28);1-2H3. The van der Waals surface area contributed by atoms with Crippen molar-refractivity contribution >= 4 is 28.2 Å². The smallest absolute Gasteiger partial charge is 0.227 e. The molecule has 0 spiro atoms. The highest BCUT2D eigenvalue weighted by Gasteiger charge is 2.21. The highest BCUT2D eigenvalue weighted by molar-refractivity contribution is 5.85. The van der Waals surface area contributed by atoms with Crippen LogP contribution in [-0.2, 0) is 0 Å². The predicted octanol–water partition coefficient (Wildman–Crippen LogP) is 5.08. The second-order valence-corrected chi connectivity index (χ2v) is 8.83. The minimum Gasteiger partial charge on any atom is -0.488 e. The van der Waals surface area contributed by atoms with Gasteiger partial charge in [0.25, 0.3) is 0 Å². The lowest BCUT2D eigenvalue weighted by Gasteiger charge is -2.26. The van der Waals surface area contributed by atoms with Crippen LogP contribution < -0.4 is 15.0 Å². The van der Waals surface area contributed by atoms with E-state index in [1.165, 1.54) is 5.69 Å². The fourth-order valence-electron chi connectivity index (χ4n) is 3.93. The molecule has 1 aromatic heterocycles. The zero-order chi connectivity index (χ0) is 24.5. The van der Waals surface area contributed by atoms with E-state index in [2.05, 4.69) is 53.4 Å². The van der Waals surface area contributed by atoms with Crippen LogP contribution in [0, 0.1) is 0 Å². The molecule has 1 fully saturated rings. The van der Waals surface area contributed by atoms with Crippen LogP contribution in [0.25, 0.3) is 10.9 Å². The first-order valence-electron chi connectivity index (χ1n) is 12.3. The topological polar surface area (TPSA) is 73.8 Å². The maximum absolute atomic E-state index is 9.75. The van der Waals surface area contributed by atoms with Crippen molar-refractivity contribution < 1.29 is 9.84 Å². The zero-order valence-corrected chi connectivity index (χ0v) is 21.2. The van der Waals surface area contributed by atoms with Crippen LogP contribution in [0.15, 0.2) is 48.7 Å². The molecular formula is C27H39N5O2. The predicted molar refractivity (Wildman–Crippen MR) is 141 cm³/mol. The average molecular weight is 466 g/mol. The Labute approximate surface area is 203 Å². The third-order valence-electron chi connectivity index (χ3n) is 5.96. The fourth-order valence-corrected chi connectivity index (χ4v) is 3.93. The molecule has 2 aromatic carbocycles. The molecule has 7 nitrogen and oxygen atoms in total. The molecule has 0 unspecified atom stereocenters. The molecule has 184 valence electrons. The third-order valence-corrected chi connectivity index (χ3v) is 5.96. The Hall–Kier alpha value is -2.90. The van der Waals surface area contributed by atoms with E-state index in [1.54, 1.807) is 0 Å². The van der Waals surface area contributed by atoms with Crippen LogP contribution in [0.2, 0.25) is 0 Å². The summed E-state index contributed by atoms with van der Waals surface area (Å²) in [7, 11) is 6.27. The second-order valence-electron chi connectivity index (χ2n) is 8.83. The second kappa shape index (κ2) is 12.5. The molecule has 0 aliphatic heterocycles. The summed E-state index contributed by atoms with van der Waals surface area (Å²) in [4.78, 5) is 13.6. The quantitative estimate of drug-likeness (QED) is 0.481. The van der Waals surface area contributed by atoms with Gasteiger partial charge in [-0.3, -0.25) is 0 Å². The number of hydrogen-bond acceptors (Lipinski definition) is 7. The number of nitrogens with one attached hydrogen (secondary N) is 1. The van der Waals surface area contributed by atoms with Crippen molar-refractivity contribution in [3.05, 3.63) is 48.7 Å². The number of rotatable bonds is 8. The van der Waals surface area contributed by atoms with Gasteiger partial charge in [-0.25, -0.2) is 9.97 Å². The molecule has 7 heteroatoms. The van der Waals surface area contributed by atoms with E-state index < -0.39 is 0 Å². The average Bonchev–Trinajstić information content (AvgIpc) is 2.86. The van der Waals surface area contributed by atoms with Crippen molar-refractivity contribution in [1.82, 2.24) is 14.9 Å². The molecule has 34 heavy (non-hydrogen) atoms. The Morgan fingerprint density at radius 1 is 0.971 bits per heavy atom. The molecule has 0 radical (unpaired) electrons. The molecule has 0 saturated heterocycles. The summed E-state index contributed by atoms with van der Waals surface area (Å²) < 4.78 is 6.27. The number of likely N-dealkylation sites (N-methyl/N-ethyl adjacent to an activating group) is 2. The van der Waals surface area contributed by atoms with E-state index >= 15 is 0 Å². The van der Waals surface area contributed by atoms with E-state index in [-0.39, 0.29) is 12.2 Å². The van der Waals surface area contributed by atoms with Gasteiger partial charge in [0.05, 0.1) is 12.2 Å². The lowest BCUT2D eigenvalue weighted by Crippen LogP contribution is -2.28. The molecule has 0 amide bonds. The van der Waals surface area contributed by atoms with Gasteiger partial charge in [-0.05, 0) is 70.1 Å². The first-order valence-corrected chi connectivity index (χ1v) is 12.3. The van der Waals surface area contributed by atoms with Gasteiger partial charge in [-0.15, -0.1) is 0 Å². The van der Waals surface area contributed by atoms with Crippen LogP contribution in [-0.4, -0.2) is 66.4 Å². The van der Waals surface area contributed by atoms with E-state index in [1.807, 2.05) is 50.4 Å². The number of aromatic nitrogens is 2. The largest absolute Gasteiger partial charge is 0.488 e. The number of nitrogens with zero attached hydrogens (tertiary/aromatic N) is 4. The maximum Gasteiger partial charge on any atom is 0.227 e. The molecule has 1 aliphatic carbocycles. The number of ether oxygens (including phenoxy) is 1. The van der Waals surface area contributed by atoms with Gasteiger partial charge >= 0.3 is 0 Å². The van der Waals surface area contributed by atoms with Crippen molar-refractivity contribution in [3.8, 4) is 5.75 Å². The number of para-hydroxylation sites is 1. The van der Waals surface area contributed by atoms with Gasteiger partial charge in [0.2, 0.25) is 5.95 Å². The number of hydrogen-bond donors (Lipinski definition) is 2. The van der Waals surface area contributed by atoms with E-state index in [0.29, 0.717) is 5.95 Å². The summed E-state index contributed by atoms with van der Waals surface area (Å²) in [6.07, 6.45) is 5.05. The molecule has 2 N–H and O–H groups in total. The molecule has 1 aliphatic rings. The van der Waals surface area contributed by atoms with Crippen molar-refractivity contribution in [2.75, 3.05) is 44.4 Å². The number of anilines is 3. The highest BCUT2D eigenvalue weighted by Crippen LogP contribution is 2.29. The molecule has 1 heterocycles. The van der Waals surface area contributed by atoms with Crippen molar-refractivity contribution in [2.24, 2.45) is 0 Å². The van der Waals surface area contributed by atoms with Crippen LogP contribution in [0.1, 0.15) is 39.5 Å². The monoisotopic (exact) mass is 465 g/mol. The van der Waals surface area contributed by atoms with Crippen molar-refractivity contribution in [2.45, 2.75) is 51.7 Å². The molecule has 1 saturated carbocycles. The maximum atomic E-state index is 9.75. The van der Waals surface area contributed by atoms with E-state index in [4.69, 9.17) is 9.72 Å². The minimum absolute atomic E-state index is 0.118. The summed E-state index contributed by atoms with van der Waals surface area (Å²) in [5.74, 6) is 1.31. The lowest BCUT2D eigenvalue weighted by molar-refractivity contribution is 0.0672. The van der Waals surface area contributed by atoms with Crippen LogP contribution in [0.4, 0.5) is 17.3 Å². The number of fused-ring (bicyclic) bond motifs is 1. The summed E-state index contributed by atoms with van der Waals surface area (Å²) >= 11 is 0. The normalized spacial score (nSPS) is 17.7. The minimum atomic E-state index is -0.195. The summed E-state index contributed by atoms with van der Waals surface area (Å²) in [5.41, 5.74) is 2.91. The Bertz CT molecular complexity index is 1020. The van der Waals surface area contributed by atoms with Gasteiger partial charge in [0.1, 0.15) is 11.3 Å². The van der Waals surface area contributed by atoms with Gasteiger partial charge in [0, 0.05) is 43.1 Å². The zero-order valence-electron chi connectivity index (χ0n) is 21.2. The Morgan fingerprint density at radius 3 is 2.35 bits per heavy atom. The van der Waals surface area contributed by atoms with Crippen LogP contribution in [0.5, 0.6) is 5.75 Å². The Balaban J connectivity index is 0.00000158. The van der Waals surface area contributed by atoms with Crippen molar-refractivity contribution in [3.63, 3.8) is 0 Å².